The largest absolute Gasteiger partial charge is 0.491 e. The normalized spacial score (nSPS) is 24.9. The number of hydrogen-bond donors (Lipinski definition) is 1. The Labute approximate surface area is 127 Å². The molecule has 1 aromatic carbocycles. The maximum Gasteiger partial charge on any atom is 0.409 e. The summed E-state index contributed by atoms with van der Waals surface area (Å²) in [5, 5.41) is 9.87. The van der Waals surface area contributed by atoms with E-state index in [0.29, 0.717) is 0 Å². The minimum absolute atomic E-state index is 0.0662. The van der Waals surface area contributed by atoms with Crippen molar-refractivity contribution in [1.29, 1.82) is 0 Å². The summed E-state index contributed by atoms with van der Waals surface area (Å²) in [6.45, 7) is 0.0101. The standard InChI is InChI=1S/C13H14BrF4NO2/c1-12(13(16,17)18)7-21-10-3-2-9(15)4-8(10)6-19(12)11(20)5-14/h2-4,11,20H,5-7H2,1H3/t11?,12-/m1/s1. The molecule has 1 N–H and O–H groups in total. The molecule has 0 fully saturated rings. The van der Waals surface area contributed by atoms with Gasteiger partial charge in [-0.25, -0.2) is 4.39 Å². The fraction of sp³-hybridized carbons (Fsp3) is 0.538. The first kappa shape index (κ1) is 16.5. The second-order valence-corrected chi connectivity index (χ2v) is 5.72. The lowest BCUT2D eigenvalue weighted by atomic mass is 9.99. The summed E-state index contributed by atoms with van der Waals surface area (Å²) in [4.78, 5) is 0.868. The first-order valence-corrected chi connectivity index (χ1v) is 7.30. The Morgan fingerprint density at radius 3 is 2.71 bits per heavy atom. The van der Waals surface area contributed by atoms with Gasteiger partial charge in [0.05, 0.1) is 0 Å². The summed E-state index contributed by atoms with van der Waals surface area (Å²) in [7, 11) is 0. The number of alkyl halides is 4. The number of rotatable bonds is 2. The Morgan fingerprint density at radius 1 is 1.48 bits per heavy atom. The molecule has 1 aliphatic rings. The number of nitrogens with zero attached hydrogens (tertiary/aromatic N) is 1. The molecule has 21 heavy (non-hydrogen) atoms. The fourth-order valence-electron chi connectivity index (χ4n) is 2.23. The molecule has 1 unspecified atom stereocenters. The van der Waals surface area contributed by atoms with E-state index in [-0.39, 0.29) is 23.2 Å². The zero-order valence-electron chi connectivity index (χ0n) is 11.1. The number of fused-ring (bicyclic) bond motifs is 1. The molecule has 8 heteroatoms. The lowest BCUT2D eigenvalue weighted by Gasteiger charge is -2.42. The van der Waals surface area contributed by atoms with Gasteiger partial charge < -0.3 is 9.84 Å². The van der Waals surface area contributed by atoms with Crippen molar-refractivity contribution in [2.45, 2.75) is 31.4 Å². The Balaban J connectivity index is 2.47. The average Bonchev–Trinajstić information content (AvgIpc) is 2.55. The van der Waals surface area contributed by atoms with Gasteiger partial charge in [0.15, 0.2) is 5.54 Å². The van der Waals surface area contributed by atoms with Gasteiger partial charge >= 0.3 is 6.18 Å². The third-order valence-corrected chi connectivity index (χ3v) is 4.19. The Morgan fingerprint density at radius 2 is 2.14 bits per heavy atom. The van der Waals surface area contributed by atoms with E-state index in [1.165, 1.54) is 6.07 Å². The van der Waals surface area contributed by atoms with Crippen molar-refractivity contribution in [2.75, 3.05) is 11.9 Å². The van der Waals surface area contributed by atoms with Gasteiger partial charge in [0, 0.05) is 17.4 Å². The van der Waals surface area contributed by atoms with Crippen molar-refractivity contribution in [2.24, 2.45) is 0 Å². The van der Waals surface area contributed by atoms with Gasteiger partial charge in [-0.2, -0.15) is 13.2 Å². The molecule has 1 aromatic rings. The van der Waals surface area contributed by atoms with Gasteiger partial charge in [0.25, 0.3) is 0 Å². The van der Waals surface area contributed by atoms with Crippen LogP contribution in [0.5, 0.6) is 5.75 Å². The maximum absolute atomic E-state index is 13.4. The number of ether oxygens (including phenoxy) is 1. The molecule has 0 amide bonds. The van der Waals surface area contributed by atoms with E-state index in [1.807, 2.05) is 0 Å². The smallest absolute Gasteiger partial charge is 0.409 e. The van der Waals surface area contributed by atoms with Crippen molar-refractivity contribution < 1.29 is 27.4 Å². The highest BCUT2D eigenvalue weighted by Crippen LogP contribution is 2.41. The van der Waals surface area contributed by atoms with Gasteiger partial charge in [-0.3, -0.25) is 4.90 Å². The summed E-state index contributed by atoms with van der Waals surface area (Å²) in [6.07, 6.45) is -5.99. The third-order valence-electron chi connectivity index (χ3n) is 3.61. The molecule has 1 heterocycles. The number of aliphatic hydroxyl groups is 1. The third kappa shape index (κ3) is 3.02. The monoisotopic (exact) mass is 371 g/mol. The van der Waals surface area contributed by atoms with Crippen LogP contribution >= 0.6 is 15.9 Å². The number of hydrogen-bond acceptors (Lipinski definition) is 3. The van der Waals surface area contributed by atoms with Crippen LogP contribution in [-0.2, 0) is 6.54 Å². The zero-order chi connectivity index (χ0) is 15.8. The fourth-order valence-corrected chi connectivity index (χ4v) is 2.58. The predicted octanol–water partition coefficient (Wildman–Crippen LogP) is 3.05. The van der Waals surface area contributed by atoms with E-state index >= 15 is 0 Å². The zero-order valence-corrected chi connectivity index (χ0v) is 12.7. The molecular weight excluding hydrogens is 358 g/mol. The SMILES string of the molecule is C[C@]1(C(F)(F)F)COc2ccc(F)cc2CN1C(O)CBr. The van der Waals surface area contributed by atoms with Gasteiger partial charge in [-0.15, -0.1) is 0 Å². The molecule has 3 nitrogen and oxygen atoms in total. The average molecular weight is 372 g/mol. The van der Waals surface area contributed by atoms with Crippen LogP contribution in [0.1, 0.15) is 12.5 Å². The minimum atomic E-state index is -4.61. The summed E-state index contributed by atoms with van der Waals surface area (Å²) >= 11 is 2.97. The molecule has 0 bridgehead atoms. The van der Waals surface area contributed by atoms with Crippen LogP contribution in [0.25, 0.3) is 0 Å². The van der Waals surface area contributed by atoms with Crippen LogP contribution in [0.3, 0.4) is 0 Å². The first-order chi connectivity index (χ1) is 9.69. The Bertz CT molecular complexity index is 525. The lowest BCUT2D eigenvalue weighted by Crippen LogP contribution is -2.62. The van der Waals surface area contributed by atoms with Crippen molar-refractivity contribution in [3.05, 3.63) is 29.6 Å². The van der Waals surface area contributed by atoms with Crippen LogP contribution in [0, 0.1) is 5.82 Å². The van der Waals surface area contributed by atoms with Gasteiger partial charge in [-0.1, -0.05) is 15.9 Å². The first-order valence-electron chi connectivity index (χ1n) is 6.18. The van der Waals surface area contributed by atoms with Crippen molar-refractivity contribution in [3.63, 3.8) is 0 Å². The maximum atomic E-state index is 13.4. The molecular formula is C13H14BrF4NO2. The van der Waals surface area contributed by atoms with Gasteiger partial charge in [-0.05, 0) is 25.1 Å². The summed E-state index contributed by atoms with van der Waals surface area (Å²) in [6, 6.07) is 3.54. The van der Waals surface area contributed by atoms with E-state index in [4.69, 9.17) is 4.74 Å². The van der Waals surface area contributed by atoms with Crippen LogP contribution in [0.4, 0.5) is 17.6 Å². The highest BCUT2D eigenvalue weighted by Gasteiger charge is 2.58. The molecule has 0 spiro atoms. The van der Waals surface area contributed by atoms with E-state index in [9.17, 15) is 22.7 Å². The molecule has 1 aliphatic heterocycles. The highest BCUT2D eigenvalue weighted by molar-refractivity contribution is 9.09. The summed E-state index contributed by atoms with van der Waals surface area (Å²) < 4.78 is 58.8. The molecule has 2 atom stereocenters. The Hall–Kier alpha value is -0.860. The van der Waals surface area contributed by atoms with Gasteiger partial charge in [0.2, 0.25) is 0 Å². The summed E-state index contributed by atoms with van der Waals surface area (Å²) in [5.41, 5.74) is -2.11. The van der Waals surface area contributed by atoms with Crippen LogP contribution in [-0.4, -0.2) is 39.9 Å². The molecule has 0 aliphatic carbocycles. The quantitative estimate of drug-likeness (QED) is 0.640. The van der Waals surface area contributed by atoms with Crippen molar-refractivity contribution in [3.8, 4) is 5.75 Å². The van der Waals surface area contributed by atoms with Gasteiger partial charge in [0.1, 0.15) is 24.4 Å². The Kier molecular flexibility index (Phi) is 4.51. The second-order valence-electron chi connectivity index (χ2n) is 5.08. The van der Waals surface area contributed by atoms with Crippen molar-refractivity contribution >= 4 is 15.9 Å². The van der Waals surface area contributed by atoms with E-state index < -0.39 is 30.4 Å². The highest BCUT2D eigenvalue weighted by atomic mass is 79.9. The topological polar surface area (TPSA) is 32.7 Å². The molecule has 0 aromatic heterocycles. The van der Waals surface area contributed by atoms with Crippen LogP contribution in [0.15, 0.2) is 18.2 Å². The molecule has 118 valence electrons. The second kappa shape index (κ2) is 5.73. The lowest BCUT2D eigenvalue weighted by molar-refractivity contribution is -0.254. The molecule has 0 saturated heterocycles. The van der Waals surface area contributed by atoms with Crippen molar-refractivity contribution in [1.82, 2.24) is 4.90 Å². The number of halogens is 5. The molecule has 0 radical (unpaired) electrons. The number of benzene rings is 1. The van der Waals surface area contributed by atoms with Crippen LogP contribution in [0.2, 0.25) is 0 Å². The predicted molar refractivity (Wildman–Crippen MR) is 71.7 cm³/mol. The van der Waals surface area contributed by atoms with E-state index in [2.05, 4.69) is 15.9 Å². The van der Waals surface area contributed by atoms with Crippen LogP contribution < -0.4 is 4.74 Å². The summed E-state index contributed by atoms with van der Waals surface area (Å²) in [5.74, 6) is -0.377. The molecule has 0 saturated carbocycles. The minimum Gasteiger partial charge on any atom is -0.491 e. The number of aliphatic hydroxyl groups excluding tert-OH is 1. The van der Waals surface area contributed by atoms with E-state index in [1.54, 1.807) is 0 Å². The van der Waals surface area contributed by atoms with E-state index in [0.717, 1.165) is 24.0 Å². The molecule has 2 rings (SSSR count).